The Morgan fingerprint density at radius 3 is 2.21 bits per heavy atom. The number of carbonyl (C=O) groups excluding carboxylic acids is 1. The van der Waals surface area contributed by atoms with Gasteiger partial charge in [0, 0.05) is 24.5 Å². The van der Waals surface area contributed by atoms with Gasteiger partial charge in [-0.2, -0.15) is 0 Å². The molecule has 2 aromatic carbocycles. The number of amides is 2. The van der Waals surface area contributed by atoms with Crippen LogP contribution in [0.2, 0.25) is 0 Å². The van der Waals surface area contributed by atoms with Crippen LogP contribution < -0.4 is 15.5 Å². The lowest BCUT2D eigenvalue weighted by molar-refractivity contribution is 0.262. The molecule has 0 aliphatic carbocycles. The van der Waals surface area contributed by atoms with Gasteiger partial charge in [-0.05, 0) is 49.2 Å². The lowest BCUT2D eigenvalue weighted by Crippen LogP contribution is -2.21. The van der Waals surface area contributed by atoms with E-state index in [9.17, 15) is 18.0 Å². The summed E-state index contributed by atoms with van der Waals surface area (Å²) in [4.78, 5) is 14.1. The van der Waals surface area contributed by atoms with E-state index in [0.717, 1.165) is 30.9 Å². The van der Waals surface area contributed by atoms with E-state index >= 15 is 0 Å². The maximum absolute atomic E-state index is 13.5. The van der Waals surface area contributed by atoms with Crippen molar-refractivity contribution in [2.75, 3.05) is 28.6 Å². The highest BCUT2D eigenvalue weighted by Gasteiger charge is 2.15. The third kappa shape index (κ3) is 3.45. The summed E-state index contributed by atoms with van der Waals surface area (Å²) < 4.78 is 39.5. The highest BCUT2D eigenvalue weighted by atomic mass is 19.2. The molecule has 1 saturated heterocycles. The van der Waals surface area contributed by atoms with Gasteiger partial charge in [0.05, 0.1) is 5.69 Å². The molecule has 0 atom stereocenters. The topological polar surface area (TPSA) is 44.4 Å². The molecule has 1 aliphatic rings. The Morgan fingerprint density at radius 1 is 0.875 bits per heavy atom. The Morgan fingerprint density at radius 2 is 1.54 bits per heavy atom. The zero-order valence-electron chi connectivity index (χ0n) is 12.8. The number of anilines is 3. The van der Waals surface area contributed by atoms with Crippen LogP contribution >= 0.6 is 0 Å². The van der Waals surface area contributed by atoms with Crippen molar-refractivity contribution in [3.05, 3.63) is 53.8 Å². The molecule has 3 rings (SSSR count). The van der Waals surface area contributed by atoms with E-state index in [0.29, 0.717) is 5.69 Å². The summed E-state index contributed by atoms with van der Waals surface area (Å²) in [5.74, 6) is -4.37. The normalized spacial score (nSPS) is 13.9. The van der Waals surface area contributed by atoms with E-state index in [1.54, 1.807) is 12.1 Å². The minimum absolute atomic E-state index is 0.430. The van der Waals surface area contributed by atoms with Crippen LogP contribution in [-0.4, -0.2) is 19.1 Å². The summed E-state index contributed by atoms with van der Waals surface area (Å²) in [6, 6.07) is 8.21. The zero-order valence-corrected chi connectivity index (χ0v) is 12.8. The van der Waals surface area contributed by atoms with Crippen molar-refractivity contribution >= 4 is 23.1 Å². The van der Waals surface area contributed by atoms with Gasteiger partial charge in [-0.15, -0.1) is 0 Å². The summed E-state index contributed by atoms with van der Waals surface area (Å²) in [6.45, 7) is 2.03. The first kappa shape index (κ1) is 16.2. The molecule has 2 aromatic rings. The summed E-state index contributed by atoms with van der Waals surface area (Å²) >= 11 is 0. The van der Waals surface area contributed by atoms with Gasteiger partial charge in [-0.1, -0.05) is 0 Å². The van der Waals surface area contributed by atoms with Crippen LogP contribution in [-0.2, 0) is 0 Å². The van der Waals surface area contributed by atoms with Gasteiger partial charge < -0.3 is 15.5 Å². The minimum Gasteiger partial charge on any atom is -0.372 e. The van der Waals surface area contributed by atoms with Crippen molar-refractivity contribution in [2.45, 2.75) is 12.8 Å². The van der Waals surface area contributed by atoms with E-state index in [2.05, 4.69) is 15.5 Å². The molecule has 0 saturated carbocycles. The zero-order chi connectivity index (χ0) is 17.1. The summed E-state index contributed by atoms with van der Waals surface area (Å²) in [7, 11) is 0. The number of nitrogens with one attached hydrogen (secondary N) is 2. The van der Waals surface area contributed by atoms with Gasteiger partial charge >= 0.3 is 6.03 Å². The molecular weight excluding hydrogens is 319 g/mol. The first-order chi connectivity index (χ1) is 11.5. The van der Waals surface area contributed by atoms with Crippen molar-refractivity contribution in [1.82, 2.24) is 0 Å². The molecule has 7 heteroatoms. The molecule has 4 nitrogen and oxygen atoms in total. The number of rotatable bonds is 3. The third-order valence-corrected chi connectivity index (χ3v) is 3.88. The fourth-order valence-electron chi connectivity index (χ4n) is 2.64. The quantitative estimate of drug-likeness (QED) is 0.819. The van der Waals surface area contributed by atoms with Crippen LogP contribution in [0.15, 0.2) is 36.4 Å². The number of hydrogen-bond donors (Lipinski definition) is 2. The number of urea groups is 1. The number of nitrogens with zero attached hydrogens (tertiary/aromatic N) is 1. The molecule has 1 aliphatic heterocycles. The first-order valence-corrected chi connectivity index (χ1v) is 7.61. The highest BCUT2D eigenvalue weighted by Crippen LogP contribution is 2.23. The molecule has 0 unspecified atom stereocenters. The van der Waals surface area contributed by atoms with E-state index in [-0.39, 0.29) is 0 Å². The standard InChI is InChI=1S/C17H16F3N3O/c18-13-7-8-14(16(20)15(13)19)22-17(24)21-11-3-5-12(6-4-11)23-9-1-2-10-23/h3-8H,1-2,9-10H2,(H2,21,22,24). The van der Waals surface area contributed by atoms with Crippen LogP contribution in [0.4, 0.5) is 35.0 Å². The molecule has 0 bridgehead atoms. The largest absolute Gasteiger partial charge is 0.372 e. The van der Waals surface area contributed by atoms with Gasteiger partial charge in [-0.3, -0.25) is 0 Å². The minimum atomic E-state index is -1.62. The van der Waals surface area contributed by atoms with Gasteiger partial charge in [0.25, 0.3) is 0 Å². The number of benzene rings is 2. The lowest BCUT2D eigenvalue weighted by atomic mass is 10.2. The average molecular weight is 335 g/mol. The number of hydrogen-bond acceptors (Lipinski definition) is 2. The fraction of sp³-hybridized carbons (Fsp3) is 0.235. The van der Waals surface area contributed by atoms with E-state index in [4.69, 9.17) is 0 Å². The third-order valence-electron chi connectivity index (χ3n) is 3.88. The molecule has 24 heavy (non-hydrogen) atoms. The second-order valence-corrected chi connectivity index (χ2v) is 5.54. The Balaban J connectivity index is 1.63. The maximum Gasteiger partial charge on any atom is 0.323 e. The summed E-state index contributed by atoms with van der Waals surface area (Å²) in [5.41, 5.74) is 1.16. The predicted octanol–water partition coefficient (Wildman–Crippen LogP) is 4.35. The average Bonchev–Trinajstić information content (AvgIpc) is 3.11. The van der Waals surface area contributed by atoms with Crippen LogP contribution in [0, 0.1) is 17.5 Å². The summed E-state index contributed by atoms with van der Waals surface area (Å²) in [5, 5.41) is 4.67. The fourth-order valence-corrected chi connectivity index (χ4v) is 2.64. The molecule has 0 spiro atoms. The highest BCUT2D eigenvalue weighted by molar-refractivity contribution is 5.99. The lowest BCUT2D eigenvalue weighted by Gasteiger charge is -2.17. The SMILES string of the molecule is O=C(Nc1ccc(N2CCCC2)cc1)Nc1ccc(F)c(F)c1F. The second-order valence-electron chi connectivity index (χ2n) is 5.54. The molecule has 1 heterocycles. The molecule has 1 fully saturated rings. The molecule has 2 N–H and O–H groups in total. The predicted molar refractivity (Wildman–Crippen MR) is 86.8 cm³/mol. The van der Waals surface area contributed by atoms with Crippen molar-refractivity contribution in [3.63, 3.8) is 0 Å². The van der Waals surface area contributed by atoms with E-state index in [1.165, 1.54) is 12.8 Å². The molecule has 126 valence electrons. The monoisotopic (exact) mass is 335 g/mol. The smallest absolute Gasteiger partial charge is 0.323 e. The van der Waals surface area contributed by atoms with Crippen LogP contribution in [0.3, 0.4) is 0 Å². The van der Waals surface area contributed by atoms with E-state index in [1.807, 2.05) is 12.1 Å². The van der Waals surface area contributed by atoms with Crippen LogP contribution in [0.5, 0.6) is 0 Å². The van der Waals surface area contributed by atoms with Crippen molar-refractivity contribution in [1.29, 1.82) is 0 Å². The first-order valence-electron chi connectivity index (χ1n) is 7.61. The second kappa shape index (κ2) is 6.82. The molecule has 0 radical (unpaired) electrons. The van der Waals surface area contributed by atoms with Gasteiger partial charge in [0.2, 0.25) is 0 Å². The Labute approximate surface area is 137 Å². The van der Waals surface area contributed by atoms with Crippen LogP contribution in [0.1, 0.15) is 12.8 Å². The van der Waals surface area contributed by atoms with Crippen molar-refractivity contribution in [2.24, 2.45) is 0 Å². The van der Waals surface area contributed by atoms with Gasteiger partial charge in [0.15, 0.2) is 17.5 Å². The Hall–Kier alpha value is -2.70. The molecule has 0 aromatic heterocycles. The molecule has 2 amide bonds. The van der Waals surface area contributed by atoms with Crippen molar-refractivity contribution in [3.8, 4) is 0 Å². The Bertz CT molecular complexity index is 743. The van der Waals surface area contributed by atoms with Crippen LogP contribution in [0.25, 0.3) is 0 Å². The van der Waals surface area contributed by atoms with E-state index < -0.39 is 29.2 Å². The maximum atomic E-state index is 13.5. The van der Waals surface area contributed by atoms with Gasteiger partial charge in [0.1, 0.15) is 0 Å². The van der Waals surface area contributed by atoms with Gasteiger partial charge in [-0.25, -0.2) is 18.0 Å². The number of halogens is 3. The number of carbonyl (C=O) groups is 1. The van der Waals surface area contributed by atoms with Crippen molar-refractivity contribution < 1.29 is 18.0 Å². The molecular formula is C17H16F3N3O. The summed E-state index contributed by atoms with van der Waals surface area (Å²) in [6.07, 6.45) is 2.34. The Kier molecular flexibility index (Phi) is 4.59.